The van der Waals surface area contributed by atoms with Crippen LogP contribution in [0.3, 0.4) is 0 Å². The number of hydrogen-bond donors (Lipinski definition) is 2. The van der Waals surface area contributed by atoms with Gasteiger partial charge in [-0.1, -0.05) is 5.16 Å². The molecule has 1 unspecified atom stereocenters. The number of alkyl halides is 3. The zero-order valence-electron chi connectivity index (χ0n) is 15.1. The first-order chi connectivity index (χ1) is 12.8. The van der Waals surface area contributed by atoms with E-state index in [1.165, 1.54) is 4.90 Å². The lowest BCUT2D eigenvalue weighted by atomic mass is 10.1. The highest BCUT2D eigenvalue weighted by atomic mass is 32.2. The van der Waals surface area contributed by atoms with Crippen molar-refractivity contribution in [1.82, 2.24) is 4.90 Å². The zero-order chi connectivity index (χ0) is 21.3. The fourth-order valence-corrected chi connectivity index (χ4v) is 3.35. The predicted molar refractivity (Wildman–Crippen MR) is 93.1 cm³/mol. The molecule has 1 aromatic rings. The maximum absolute atomic E-state index is 12.9. The Hall–Kier alpha value is -2.50. The average molecular weight is 423 g/mol. The van der Waals surface area contributed by atoms with Gasteiger partial charge in [-0.2, -0.15) is 13.2 Å². The Morgan fingerprint density at radius 3 is 2.61 bits per heavy atom. The lowest BCUT2D eigenvalue weighted by Gasteiger charge is -2.22. The summed E-state index contributed by atoms with van der Waals surface area (Å²) < 4.78 is 67.0. The minimum Gasteiger partial charge on any atom is -0.480 e. The Bertz CT molecular complexity index is 886. The number of rotatable bonds is 5. The molecule has 1 fully saturated rings. The van der Waals surface area contributed by atoms with Gasteiger partial charge in [-0.15, -0.1) is 0 Å². The van der Waals surface area contributed by atoms with Gasteiger partial charge in [0.25, 0.3) is 5.91 Å². The lowest BCUT2D eigenvalue weighted by molar-refractivity contribution is -0.189. The molecule has 1 aliphatic heterocycles. The number of amides is 1. The van der Waals surface area contributed by atoms with E-state index in [0.717, 1.165) is 31.4 Å². The van der Waals surface area contributed by atoms with E-state index < -0.39 is 33.9 Å². The fourth-order valence-electron chi connectivity index (χ4n) is 2.71. The van der Waals surface area contributed by atoms with Crippen LogP contribution in [0.2, 0.25) is 0 Å². The molecule has 1 aromatic carbocycles. The number of benzene rings is 1. The summed E-state index contributed by atoms with van der Waals surface area (Å²) in [7, 11) is -3.70. The van der Waals surface area contributed by atoms with E-state index in [1.54, 1.807) is 0 Å². The molecular weight excluding hydrogens is 403 g/mol. The van der Waals surface area contributed by atoms with E-state index in [9.17, 15) is 26.4 Å². The van der Waals surface area contributed by atoms with Crippen LogP contribution in [0.25, 0.3) is 0 Å². The van der Waals surface area contributed by atoms with Crippen molar-refractivity contribution in [2.75, 3.05) is 19.3 Å². The van der Waals surface area contributed by atoms with Gasteiger partial charge in [-0.3, -0.25) is 4.79 Å². The molecule has 28 heavy (non-hydrogen) atoms. The smallest absolute Gasteiger partial charge is 0.425 e. The molecule has 156 valence electrons. The summed E-state index contributed by atoms with van der Waals surface area (Å²) in [5.41, 5.74) is 5.23. The topological polar surface area (TPSA) is 122 Å². The molecule has 0 bridgehead atoms. The molecule has 1 amide bonds. The lowest BCUT2D eigenvalue weighted by Crippen LogP contribution is -2.34. The van der Waals surface area contributed by atoms with Crippen LogP contribution in [-0.4, -0.2) is 61.9 Å². The van der Waals surface area contributed by atoms with Crippen molar-refractivity contribution in [3.8, 4) is 5.75 Å². The number of sulfone groups is 1. The highest BCUT2D eigenvalue weighted by molar-refractivity contribution is 7.90. The summed E-state index contributed by atoms with van der Waals surface area (Å²) in [6.45, 7) is 1.06. The molecule has 2 atom stereocenters. The van der Waals surface area contributed by atoms with E-state index >= 15 is 0 Å². The second-order valence-corrected chi connectivity index (χ2v) is 8.51. The molecule has 0 aromatic heterocycles. The van der Waals surface area contributed by atoms with Gasteiger partial charge in [0.15, 0.2) is 15.9 Å². The van der Waals surface area contributed by atoms with Crippen LogP contribution >= 0.6 is 0 Å². The number of nitrogens with two attached hydrogens (primary N) is 1. The first-order valence-electron chi connectivity index (χ1n) is 8.18. The third-order valence-electron chi connectivity index (χ3n) is 4.38. The SMILES string of the molecule is C[C@@H](Oc1ccc(S(C)(=O)=O)cc1C(=O)N1CCC(C(N)=NO)C1)C(F)(F)F. The maximum Gasteiger partial charge on any atom is 0.425 e. The summed E-state index contributed by atoms with van der Waals surface area (Å²) in [6.07, 6.45) is -5.56. The molecule has 1 heterocycles. The summed E-state index contributed by atoms with van der Waals surface area (Å²) in [4.78, 5) is 13.9. The van der Waals surface area contributed by atoms with E-state index in [1.807, 2.05) is 0 Å². The van der Waals surface area contributed by atoms with Crippen LogP contribution in [-0.2, 0) is 9.84 Å². The number of oxime groups is 1. The van der Waals surface area contributed by atoms with Gasteiger partial charge in [0, 0.05) is 25.3 Å². The standard InChI is InChI=1S/C16H20F3N3O5S/c1-9(16(17,18)19)27-13-4-3-11(28(2,25)26)7-12(13)15(23)22-6-5-10(8-22)14(20)21-24/h3-4,7,9-10,24H,5-6,8H2,1-2H3,(H2,20,21)/t9-,10?/m1/s1. The molecular formula is C16H20F3N3O5S. The van der Waals surface area contributed by atoms with E-state index in [0.29, 0.717) is 6.42 Å². The second kappa shape index (κ2) is 7.86. The number of carbonyl (C=O) groups is 1. The number of ether oxygens (including phenoxy) is 1. The minimum absolute atomic E-state index is 0.0673. The number of nitrogens with zero attached hydrogens (tertiary/aromatic N) is 2. The fraction of sp³-hybridized carbons (Fsp3) is 0.500. The van der Waals surface area contributed by atoms with Crippen molar-refractivity contribution >= 4 is 21.6 Å². The van der Waals surface area contributed by atoms with Gasteiger partial charge < -0.3 is 20.6 Å². The van der Waals surface area contributed by atoms with Crippen molar-refractivity contribution in [1.29, 1.82) is 0 Å². The van der Waals surface area contributed by atoms with Crippen LogP contribution in [0.1, 0.15) is 23.7 Å². The third kappa shape index (κ3) is 4.86. The monoisotopic (exact) mass is 423 g/mol. The molecule has 0 spiro atoms. The Kier molecular flexibility index (Phi) is 6.12. The van der Waals surface area contributed by atoms with Crippen LogP contribution < -0.4 is 10.5 Å². The van der Waals surface area contributed by atoms with Gasteiger partial charge in [-0.05, 0) is 31.5 Å². The molecule has 1 aliphatic rings. The summed E-state index contributed by atoms with van der Waals surface area (Å²) in [5, 5.41) is 11.6. The molecule has 0 saturated carbocycles. The minimum atomic E-state index is -4.67. The quantitative estimate of drug-likeness (QED) is 0.321. The van der Waals surface area contributed by atoms with E-state index in [2.05, 4.69) is 5.16 Å². The van der Waals surface area contributed by atoms with Crippen molar-refractivity contribution in [2.24, 2.45) is 16.8 Å². The van der Waals surface area contributed by atoms with Crippen molar-refractivity contribution < 1.29 is 36.3 Å². The third-order valence-corrected chi connectivity index (χ3v) is 5.49. The number of hydrogen-bond acceptors (Lipinski definition) is 6. The molecule has 12 heteroatoms. The first-order valence-corrected chi connectivity index (χ1v) is 10.1. The number of amidine groups is 1. The average Bonchev–Trinajstić information content (AvgIpc) is 3.09. The Morgan fingerprint density at radius 1 is 1.43 bits per heavy atom. The molecule has 2 rings (SSSR count). The van der Waals surface area contributed by atoms with Gasteiger partial charge >= 0.3 is 6.18 Å². The van der Waals surface area contributed by atoms with Gasteiger partial charge in [0.1, 0.15) is 11.6 Å². The number of carbonyl (C=O) groups excluding carboxylic acids is 1. The van der Waals surface area contributed by atoms with Gasteiger partial charge in [0.05, 0.1) is 10.5 Å². The zero-order valence-corrected chi connectivity index (χ0v) is 15.9. The Balaban J connectivity index is 2.40. The van der Waals surface area contributed by atoms with Crippen molar-refractivity contribution in [3.63, 3.8) is 0 Å². The molecule has 0 aliphatic carbocycles. The normalized spacial score (nSPS) is 19.5. The maximum atomic E-state index is 12.9. The predicted octanol–water partition coefficient (Wildman–Crippen LogP) is 1.63. The van der Waals surface area contributed by atoms with E-state index in [-0.39, 0.29) is 35.1 Å². The highest BCUT2D eigenvalue weighted by Crippen LogP contribution is 2.31. The first kappa shape index (κ1) is 21.8. The summed E-state index contributed by atoms with van der Waals surface area (Å²) in [5.74, 6) is -1.56. The van der Waals surface area contributed by atoms with Crippen molar-refractivity contribution in [3.05, 3.63) is 23.8 Å². The summed E-state index contributed by atoms with van der Waals surface area (Å²) in [6, 6.07) is 3.10. The van der Waals surface area contributed by atoms with Crippen LogP contribution in [0, 0.1) is 5.92 Å². The van der Waals surface area contributed by atoms with Gasteiger partial charge in [0.2, 0.25) is 0 Å². The molecule has 3 N–H and O–H groups in total. The van der Waals surface area contributed by atoms with Crippen molar-refractivity contribution in [2.45, 2.75) is 30.5 Å². The number of likely N-dealkylation sites (tertiary alicyclic amines) is 1. The van der Waals surface area contributed by atoms with Crippen LogP contribution in [0.5, 0.6) is 5.75 Å². The molecule has 0 radical (unpaired) electrons. The largest absolute Gasteiger partial charge is 0.480 e. The summed E-state index contributed by atoms with van der Waals surface area (Å²) >= 11 is 0. The highest BCUT2D eigenvalue weighted by Gasteiger charge is 2.39. The van der Waals surface area contributed by atoms with E-state index in [4.69, 9.17) is 15.7 Å². The molecule has 8 nitrogen and oxygen atoms in total. The second-order valence-electron chi connectivity index (χ2n) is 6.49. The Morgan fingerprint density at radius 2 is 2.07 bits per heavy atom. The Labute approximate surface area is 159 Å². The number of halogens is 3. The van der Waals surface area contributed by atoms with Crippen LogP contribution in [0.15, 0.2) is 28.3 Å². The van der Waals surface area contributed by atoms with Crippen LogP contribution in [0.4, 0.5) is 13.2 Å². The molecule has 1 saturated heterocycles. The van der Waals surface area contributed by atoms with Gasteiger partial charge in [-0.25, -0.2) is 8.42 Å².